The van der Waals surface area contributed by atoms with Crippen LogP contribution in [0.4, 0.5) is 0 Å². The largest absolute Gasteiger partial charge is 0.394 e. The Bertz CT molecular complexity index is 296. The average molecular weight is 371 g/mol. The van der Waals surface area contributed by atoms with Gasteiger partial charge in [-0.25, -0.2) is 0 Å². The summed E-state index contributed by atoms with van der Waals surface area (Å²) in [5, 5.41) is 0. The van der Waals surface area contributed by atoms with Crippen LogP contribution in [0.3, 0.4) is 0 Å². The first-order valence-corrected chi connectivity index (χ1v) is 13.7. The van der Waals surface area contributed by atoms with Crippen molar-refractivity contribution >= 4 is 8.56 Å². The molecule has 0 radical (unpaired) electrons. The van der Waals surface area contributed by atoms with Crippen LogP contribution in [0.5, 0.6) is 0 Å². The molecule has 3 heteroatoms. The van der Waals surface area contributed by atoms with Crippen molar-refractivity contribution in [2.45, 2.75) is 129 Å². The molecule has 0 aromatic rings. The fourth-order valence-corrected chi connectivity index (χ4v) is 6.65. The molecule has 1 rings (SSSR count). The maximum absolute atomic E-state index is 6.62. The van der Waals surface area contributed by atoms with Crippen LogP contribution >= 0.6 is 0 Å². The standard InChI is InChI=1S/C22H46O2Si/c1-5-8-9-10-11-12-13-14-15-20-23-25(6-2,7-3)24-22-18-16-21(4)17-19-22/h21-22H,5-20H2,1-4H3. The molecule has 1 aliphatic rings. The number of hydrogen-bond donors (Lipinski definition) is 0. The highest BCUT2D eigenvalue weighted by Gasteiger charge is 2.37. The van der Waals surface area contributed by atoms with Crippen molar-refractivity contribution in [3.63, 3.8) is 0 Å². The summed E-state index contributed by atoms with van der Waals surface area (Å²) in [5.74, 6) is 0.891. The van der Waals surface area contributed by atoms with Crippen LogP contribution in [-0.4, -0.2) is 21.3 Å². The van der Waals surface area contributed by atoms with Gasteiger partial charge in [0.15, 0.2) is 0 Å². The lowest BCUT2D eigenvalue weighted by molar-refractivity contribution is 0.0756. The van der Waals surface area contributed by atoms with E-state index in [1.54, 1.807) is 0 Å². The second-order valence-electron chi connectivity index (χ2n) is 8.29. The lowest BCUT2D eigenvalue weighted by Gasteiger charge is -2.36. The van der Waals surface area contributed by atoms with E-state index in [2.05, 4.69) is 27.7 Å². The van der Waals surface area contributed by atoms with Crippen LogP contribution < -0.4 is 0 Å². The molecule has 0 spiro atoms. The molecular formula is C22H46O2Si. The first kappa shape index (κ1) is 23.2. The van der Waals surface area contributed by atoms with Gasteiger partial charge >= 0.3 is 8.56 Å². The van der Waals surface area contributed by atoms with E-state index in [1.165, 1.54) is 83.5 Å². The number of rotatable bonds is 15. The maximum Gasteiger partial charge on any atom is 0.337 e. The molecule has 0 amide bonds. The van der Waals surface area contributed by atoms with Crippen molar-refractivity contribution in [3.8, 4) is 0 Å². The van der Waals surface area contributed by atoms with Crippen LogP contribution in [0.1, 0.15) is 111 Å². The molecular weight excluding hydrogens is 324 g/mol. The zero-order chi connectivity index (χ0) is 18.4. The summed E-state index contributed by atoms with van der Waals surface area (Å²) in [5.41, 5.74) is 0. The van der Waals surface area contributed by atoms with E-state index in [1.807, 2.05) is 0 Å². The van der Waals surface area contributed by atoms with Crippen LogP contribution in [0.2, 0.25) is 12.1 Å². The molecule has 0 bridgehead atoms. The highest BCUT2D eigenvalue weighted by atomic mass is 28.4. The van der Waals surface area contributed by atoms with Crippen molar-refractivity contribution in [3.05, 3.63) is 0 Å². The summed E-state index contributed by atoms with van der Waals surface area (Å²) in [6, 6.07) is 2.21. The second kappa shape index (κ2) is 14.2. The van der Waals surface area contributed by atoms with Gasteiger partial charge in [0, 0.05) is 12.7 Å². The summed E-state index contributed by atoms with van der Waals surface area (Å²) >= 11 is 0. The molecule has 0 saturated heterocycles. The summed E-state index contributed by atoms with van der Waals surface area (Å²) < 4.78 is 13.1. The zero-order valence-electron chi connectivity index (χ0n) is 17.8. The van der Waals surface area contributed by atoms with E-state index >= 15 is 0 Å². The molecule has 25 heavy (non-hydrogen) atoms. The smallest absolute Gasteiger partial charge is 0.337 e. The van der Waals surface area contributed by atoms with Gasteiger partial charge < -0.3 is 8.85 Å². The molecule has 0 heterocycles. The fraction of sp³-hybridized carbons (Fsp3) is 1.00. The van der Waals surface area contributed by atoms with Crippen LogP contribution in [0, 0.1) is 5.92 Å². The summed E-state index contributed by atoms with van der Waals surface area (Å²) in [6.45, 7) is 10.1. The van der Waals surface area contributed by atoms with E-state index in [9.17, 15) is 0 Å². The van der Waals surface area contributed by atoms with Gasteiger partial charge in [-0.1, -0.05) is 79.1 Å². The molecule has 150 valence electrons. The molecule has 0 aromatic heterocycles. The lowest BCUT2D eigenvalue weighted by atomic mass is 9.89. The lowest BCUT2D eigenvalue weighted by Crippen LogP contribution is -2.45. The quantitative estimate of drug-likeness (QED) is 0.218. The Labute approximate surface area is 159 Å². The Morgan fingerprint density at radius 2 is 1.24 bits per heavy atom. The molecule has 1 saturated carbocycles. The van der Waals surface area contributed by atoms with Gasteiger partial charge in [0.05, 0.1) is 0 Å². The van der Waals surface area contributed by atoms with E-state index in [0.717, 1.165) is 24.6 Å². The van der Waals surface area contributed by atoms with Gasteiger partial charge in [-0.3, -0.25) is 0 Å². The molecule has 0 unspecified atom stereocenters. The highest BCUT2D eigenvalue weighted by Crippen LogP contribution is 2.30. The van der Waals surface area contributed by atoms with E-state index < -0.39 is 8.56 Å². The van der Waals surface area contributed by atoms with Gasteiger partial charge in [-0.05, 0) is 50.1 Å². The molecule has 2 nitrogen and oxygen atoms in total. The predicted molar refractivity (Wildman–Crippen MR) is 112 cm³/mol. The second-order valence-corrected chi connectivity index (χ2v) is 12.1. The molecule has 1 aliphatic carbocycles. The van der Waals surface area contributed by atoms with E-state index in [4.69, 9.17) is 8.85 Å². The Morgan fingerprint density at radius 1 is 0.720 bits per heavy atom. The Hall–Kier alpha value is 0.137. The monoisotopic (exact) mass is 370 g/mol. The number of hydrogen-bond acceptors (Lipinski definition) is 2. The van der Waals surface area contributed by atoms with Gasteiger partial charge in [-0.15, -0.1) is 0 Å². The highest BCUT2D eigenvalue weighted by molar-refractivity contribution is 6.67. The molecule has 0 atom stereocenters. The van der Waals surface area contributed by atoms with Gasteiger partial charge in [-0.2, -0.15) is 0 Å². The van der Waals surface area contributed by atoms with Gasteiger partial charge in [0.2, 0.25) is 0 Å². The Kier molecular flexibility index (Phi) is 13.2. The van der Waals surface area contributed by atoms with Gasteiger partial charge in [0.25, 0.3) is 0 Å². The maximum atomic E-state index is 6.62. The first-order chi connectivity index (χ1) is 12.2. The normalized spacial score (nSPS) is 21.6. The Balaban J connectivity index is 2.13. The third kappa shape index (κ3) is 10.2. The molecule has 0 aromatic carbocycles. The van der Waals surface area contributed by atoms with E-state index in [0.29, 0.717) is 6.10 Å². The van der Waals surface area contributed by atoms with Crippen molar-refractivity contribution in [2.75, 3.05) is 6.61 Å². The summed E-state index contributed by atoms with van der Waals surface area (Å²) in [4.78, 5) is 0. The van der Waals surface area contributed by atoms with Gasteiger partial charge in [0.1, 0.15) is 0 Å². The SMILES string of the molecule is CCCCCCCCCCCO[Si](CC)(CC)OC1CCC(C)CC1. The van der Waals surface area contributed by atoms with Crippen LogP contribution in [-0.2, 0) is 8.85 Å². The number of unbranched alkanes of at least 4 members (excludes halogenated alkanes) is 8. The minimum absolute atomic E-state index is 0.478. The van der Waals surface area contributed by atoms with E-state index in [-0.39, 0.29) is 0 Å². The van der Waals surface area contributed by atoms with Crippen LogP contribution in [0.15, 0.2) is 0 Å². The third-order valence-corrected chi connectivity index (χ3v) is 9.68. The predicted octanol–water partition coefficient (Wildman–Crippen LogP) is 7.61. The molecule has 0 N–H and O–H groups in total. The van der Waals surface area contributed by atoms with Crippen LogP contribution in [0.25, 0.3) is 0 Å². The topological polar surface area (TPSA) is 18.5 Å². The first-order valence-electron chi connectivity index (χ1n) is 11.5. The molecule has 1 fully saturated rings. The van der Waals surface area contributed by atoms with Crippen molar-refractivity contribution in [1.82, 2.24) is 0 Å². The fourth-order valence-electron chi connectivity index (χ4n) is 3.98. The van der Waals surface area contributed by atoms with Crippen molar-refractivity contribution in [2.24, 2.45) is 5.92 Å². The third-order valence-electron chi connectivity index (χ3n) is 6.03. The minimum Gasteiger partial charge on any atom is -0.394 e. The van der Waals surface area contributed by atoms with Crippen molar-refractivity contribution < 1.29 is 8.85 Å². The minimum atomic E-state index is -1.94. The summed E-state index contributed by atoms with van der Waals surface area (Å²) in [7, 11) is -1.94. The van der Waals surface area contributed by atoms with Crippen molar-refractivity contribution in [1.29, 1.82) is 0 Å². The average Bonchev–Trinajstić information content (AvgIpc) is 2.64. The Morgan fingerprint density at radius 3 is 1.76 bits per heavy atom. The molecule has 0 aliphatic heterocycles. The zero-order valence-corrected chi connectivity index (χ0v) is 18.8. The summed E-state index contributed by atoms with van der Waals surface area (Å²) in [6.07, 6.45) is 18.0.